The first-order valence-corrected chi connectivity index (χ1v) is 9.82. The predicted molar refractivity (Wildman–Crippen MR) is 102 cm³/mol. The van der Waals surface area contributed by atoms with Gasteiger partial charge in [0.2, 0.25) is 5.91 Å². The second-order valence-electron chi connectivity index (χ2n) is 7.24. The molecule has 2 rings (SSSR count). The predicted octanol–water partition coefficient (Wildman–Crippen LogP) is 4.41. The molecule has 1 aromatic rings. The molecule has 26 heavy (non-hydrogen) atoms. The van der Waals surface area contributed by atoms with Crippen LogP contribution in [0.3, 0.4) is 0 Å². The highest BCUT2D eigenvalue weighted by Crippen LogP contribution is 2.26. The molecule has 5 nitrogen and oxygen atoms in total. The van der Waals surface area contributed by atoms with Crippen molar-refractivity contribution in [2.45, 2.75) is 70.8 Å². The van der Waals surface area contributed by atoms with Crippen LogP contribution in [-0.4, -0.2) is 29.6 Å². The average Bonchev–Trinajstić information content (AvgIpc) is 2.65. The lowest BCUT2D eigenvalue weighted by Gasteiger charge is -2.28. The van der Waals surface area contributed by atoms with E-state index in [1.807, 2.05) is 0 Å². The Kier molecular flexibility index (Phi) is 8.45. The third kappa shape index (κ3) is 7.06. The van der Waals surface area contributed by atoms with Gasteiger partial charge in [0, 0.05) is 12.5 Å². The molecule has 0 radical (unpaired) electrons. The number of amides is 1. The number of carbonyl (C=O) groups is 2. The van der Waals surface area contributed by atoms with E-state index in [1.165, 1.54) is 44.2 Å². The first-order chi connectivity index (χ1) is 12.6. The highest BCUT2D eigenvalue weighted by Gasteiger charge is 2.21. The van der Waals surface area contributed by atoms with Crippen LogP contribution in [0.5, 0.6) is 5.75 Å². The topological polar surface area (TPSA) is 75.6 Å². The van der Waals surface area contributed by atoms with E-state index in [1.54, 1.807) is 12.1 Å². The van der Waals surface area contributed by atoms with Crippen LogP contribution in [0.2, 0.25) is 0 Å². The Morgan fingerprint density at radius 3 is 2.46 bits per heavy atom. The fourth-order valence-electron chi connectivity index (χ4n) is 3.53. The Morgan fingerprint density at radius 2 is 1.81 bits per heavy atom. The molecule has 5 heteroatoms. The van der Waals surface area contributed by atoms with Gasteiger partial charge in [-0.15, -0.1) is 0 Å². The van der Waals surface area contributed by atoms with Crippen molar-refractivity contribution < 1.29 is 19.4 Å². The summed E-state index contributed by atoms with van der Waals surface area (Å²) in [6.45, 7) is 2.71. The van der Waals surface area contributed by atoms with Gasteiger partial charge in [-0.1, -0.05) is 19.3 Å². The van der Waals surface area contributed by atoms with Crippen LogP contribution in [0.25, 0.3) is 0 Å². The van der Waals surface area contributed by atoms with Crippen LogP contribution in [-0.2, 0) is 4.79 Å². The quantitative estimate of drug-likeness (QED) is 0.605. The molecule has 1 saturated carbocycles. The Hall–Kier alpha value is -2.04. The van der Waals surface area contributed by atoms with Crippen LogP contribution in [0.1, 0.15) is 75.1 Å². The van der Waals surface area contributed by atoms with Crippen molar-refractivity contribution in [2.75, 3.05) is 6.61 Å². The third-order valence-corrected chi connectivity index (χ3v) is 5.16. The molecule has 1 amide bonds. The van der Waals surface area contributed by atoms with Crippen molar-refractivity contribution in [1.82, 2.24) is 5.32 Å². The first kappa shape index (κ1) is 20.3. The number of ether oxygens (including phenoxy) is 1. The van der Waals surface area contributed by atoms with E-state index < -0.39 is 5.97 Å². The number of aromatic carboxylic acids is 1. The molecule has 1 aliphatic rings. The first-order valence-electron chi connectivity index (χ1n) is 9.82. The molecule has 1 fully saturated rings. The molecule has 144 valence electrons. The standard InChI is InChI=1S/C21H31NO4/c1-16(17-8-4-2-5-9-17)22-20(23)10-6-3-7-15-26-19-13-11-18(12-14-19)21(24)25/h11-14,16-17H,2-10,15H2,1H3,(H,22,23)(H,24,25)/t16-/m1/s1. The molecular formula is C21H31NO4. The molecule has 0 bridgehead atoms. The number of carboxylic acid groups (broad SMARTS) is 1. The molecule has 0 saturated heterocycles. The van der Waals surface area contributed by atoms with Crippen molar-refractivity contribution in [3.8, 4) is 5.75 Å². The number of rotatable bonds is 10. The van der Waals surface area contributed by atoms with Crippen LogP contribution in [0, 0.1) is 5.92 Å². The largest absolute Gasteiger partial charge is 0.494 e. The number of unbranched alkanes of at least 4 members (excludes halogenated alkanes) is 2. The van der Waals surface area contributed by atoms with Gasteiger partial charge in [0.15, 0.2) is 0 Å². The summed E-state index contributed by atoms with van der Waals surface area (Å²) >= 11 is 0. The van der Waals surface area contributed by atoms with E-state index in [2.05, 4.69) is 12.2 Å². The number of hydrogen-bond acceptors (Lipinski definition) is 3. The Labute approximate surface area is 156 Å². The van der Waals surface area contributed by atoms with Crippen molar-refractivity contribution in [1.29, 1.82) is 0 Å². The summed E-state index contributed by atoms with van der Waals surface area (Å²) in [5, 5.41) is 12.0. The molecule has 1 atom stereocenters. The molecule has 0 spiro atoms. The van der Waals surface area contributed by atoms with Gasteiger partial charge in [0.1, 0.15) is 5.75 Å². The van der Waals surface area contributed by atoms with E-state index in [-0.39, 0.29) is 11.5 Å². The van der Waals surface area contributed by atoms with E-state index >= 15 is 0 Å². The summed E-state index contributed by atoms with van der Waals surface area (Å²) in [4.78, 5) is 22.8. The molecule has 0 aromatic heterocycles. The minimum absolute atomic E-state index is 0.160. The number of benzene rings is 1. The summed E-state index contributed by atoms with van der Waals surface area (Å²) in [7, 11) is 0. The Morgan fingerprint density at radius 1 is 1.12 bits per heavy atom. The highest BCUT2D eigenvalue weighted by atomic mass is 16.5. The van der Waals surface area contributed by atoms with Crippen LogP contribution >= 0.6 is 0 Å². The normalized spacial score (nSPS) is 16.0. The lowest BCUT2D eigenvalue weighted by Crippen LogP contribution is -2.38. The van der Waals surface area contributed by atoms with Crippen molar-refractivity contribution in [3.63, 3.8) is 0 Å². The number of carboxylic acids is 1. The van der Waals surface area contributed by atoms with Gasteiger partial charge in [-0.3, -0.25) is 4.79 Å². The molecule has 1 aromatic carbocycles. The molecular weight excluding hydrogens is 330 g/mol. The second-order valence-corrected chi connectivity index (χ2v) is 7.24. The third-order valence-electron chi connectivity index (χ3n) is 5.16. The second kappa shape index (κ2) is 10.8. The van der Waals surface area contributed by atoms with Crippen LogP contribution < -0.4 is 10.1 Å². The van der Waals surface area contributed by atoms with Gasteiger partial charge in [-0.05, 0) is 69.2 Å². The minimum Gasteiger partial charge on any atom is -0.494 e. The zero-order valence-electron chi connectivity index (χ0n) is 15.7. The SMILES string of the molecule is C[C@@H](NC(=O)CCCCCOc1ccc(C(=O)O)cc1)C1CCCCC1. The van der Waals surface area contributed by atoms with Crippen molar-refractivity contribution in [2.24, 2.45) is 5.92 Å². The van der Waals surface area contributed by atoms with Gasteiger partial charge in [-0.25, -0.2) is 4.79 Å². The maximum Gasteiger partial charge on any atom is 0.335 e. The van der Waals surface area contributed by atoms with Crippen molar-refractivity contribution >= 4 is 11.9 Å². The lowest BCUT2D eigenvalue weighted by molar-refractivity contribution is -0.122. The minimum atomic E-state index is -0.937. The summed E-state index contributed by atoms with van der Waals surface area (Å²) in [5.41, 5.74) is 0.255. The van der Waals surface area contributed by atoms with Crippen LogP contribution in [0.15, 0.2) is 24.3 Å². The molecule has 2 N–H and O–H groups in total. The maximum atomic E-state index is 12.0. The van der Waals surface area contributed by atoms with E-state index in [0.717, 1.165) is 19.3 Å². The molecule has 0 unspecified atom stereocenters. The van der Waals surface area contributed by atoms with Gasteiger partial charge in [0.05, 0.1) is 12.2 Å². The number of hydrogen-bond donors (Lipinski definition) is 2. The maximum absolute atomic E-state index is 12.0. The van der Waals surface area contributed by atoms with Gasteiger partial charge < -0.3 is 15.2 Å². The van der Waals surface area contributed by atoms with Gasteiger partial charge in [-0.2, -0.15) is 0 Å². The highest BCUT2D eigenvalue weighted by molar-refractivity contribution is 5.87. The fourth-order valence-corrected chi connectivity index (χ4v) is 3.53. The summed E-state index contributed by atoms with van der Waals surface area (Å²) in [6.07, 6.45) is 9.68. The Bertz CT molecular complexity index is 564. The van der Waals surface area contributed by atoms with Crippen molar-refractivity contribution in [3.05, 3.63) is 29.8 Å². The van der Waals surface area contributed by atoms with Crippen LogP contribution in [0.4, 0.5) is 0 Å². The smallest absolute Gasteiger partial charge is 0.335 e. The van der Waals surface area contributed by atoms with Gasteiger partial charge >= 0.3 is 5.97 Å². The number of nitrogens with one attached hydrogen (secondary N) is 1. The molecule has 0 heterocycles. The van der Waals surface area contributed by atoms with E-state index in [0.29, 0.717) is 30.7 Å². The summed E-state index contributed by atoms with van der Waals surface area (Å²) in [5.74, 6) is 0.545. The van der Waals surface area contributed by atoms with Gasteiger partial charge in [0.25, 0.3) is 0 Å². The zero-order chi connectivity index (χ0) is 18.8. The zero-order valence-corrected chi connectivity index (χ0v) is 15.7. The molecule has 1 aliphatic carbocycles. The lowest BCUT2D eigenvalue weighted by atomic mass is 9.84. The van der Waals surface area contributed by atoms with E-state index in [4.69, 9.17) is 9.84 Å². The van der Waals surface area contributed by atoms with E-state index in [9.17, 15) is 9.59 Å². The number of carbonyl (C=O) groups excluding carboxylic acids is 1. The Balaban J connectivity index is 1.53. The fraction of sp³-hybridized carbons (Fsp3) is 0.619. The average molecular weight is 361 g/mol. The monoisotopic (exact) mass is 361 g/mol. The summed E-state index contributed by atoms with van der Waals surface area (Å²) < 4.78 is 5.60. The summed E-state index contributed by atoms with van der Waals surface area (Å²) in [6, 6.07) is 6.71. The molecule has 0 aliphatic heterocycles.